The Morgan fingerprint density at radius 1 is 1.29 bits per heavy atom. The van der Waals surface area contributed by atoms with Crippen molar-refractivity contribution in [3.63, 3.8) is 0 Å². The topological polar surface area (TPSA) is 61.8 Å². The van der Waals surface area contributed by atoms with Crippen molar-refractivity contribution in [2.45, 2.75) is 37.8 Å². The zero-order valence-electron chi connectivity index (χ0n) is 9.62. The van der Waals surface area contributed by atoms with Crippen molar-refractivity contribution in [2.24, 2.45) is 5.73 Å². The maximum Gasteiger partial charge on any atom is 0.143 e. The summed E-state index contributed by atoms with van der Waals surface area (Å²) in [6.45, 7) is 0. The third-order valence-corrected chi connectivity index (χ3v) is 3.26. The van der Waals surface area contributed by atoms with Gasteiger partial charge in [-0.1, -0.05) is 6.07 Å². The van der Waals surface area contributed by atoms with Crippen LogP contribution in [0.4, 0.5) is 10.1 Å². The maximum absolute atomic E-state index is 13.4. The predicted octanol–water partition coefficient (Wildman–Crippen LogP) is 2.38. The molecule has 0 unspecified atom stereocenters. The van der Waals surface area contributed by atoms with Crippen LogP contribution < -0.4 is 11.1 Å². The molecule has 3 N–H and O–H groups in total. The first-order valence-corrected chi connectivity index (χ1v) is 5.91. The number of benzene rings is 1. The van der Waals surface area contributed by atoms with E-state index in [-0.39, 0.29) is 11.6 Å². The Bertz CT molecular complexity index is 431. The molecule has 1 aliphatic carbocycles. The molecule has 1 aromatic carbocycles. The molecule has 1 saturated carbocycles. The van der Waals surface area contributed by atoms with Crippen LogP contribution in [0.1, 0.15) is 31.2 Å². The number of nitrogens with two attached hydrogens (primary N) is 1. The van der Waals surface area contributed by atoms with Gasteiger partial charge in [0.2, 0.25) is 0 Å². The summed E-state index contributed by atoms with van der Waals surface area (Å²) < 4.78 is 13.4. The molecule has 2 rings (SSSR count). The summed E-state index contributed by atoms with van der Waals surface area (Å²) in [6.07, 6.45) is 3.91. The Hall–Kier alpha value is -1.60. The highest BCUT2D eigenvalue weighted by Gasteiger charge is 2.19. The first-order chi connectivity index (χ1) is 8.20. The predicted molar refractivity (Wildman–Crippen MR) is 65.0 cm³/mol. The molecule has 0 aromatic heterocycles. The number of nitrogens with one attached hydrogen (secondary N) is 1. The molecule has 0 atom stereocenters. The summed E-state index contributed by atoms with van der Waals surface area (Å²) in [5.74, 6) is -0.468. The summed E-state index contributed by atoms with van der Waals surface area (Å²) >= 11 is 0. The lowest BCUT2D eigenvalue weighted by Gasteiger charge is -2.27. The minimum Gasteiger partial charge on any atom is -0.381 e. The third kappa shape index (κ3) is 2.75. The number of halogens is 1. The lowest BCUT2D eigenvalue weighted by Crippen LogP contribution is -2.33. The van der Waals surface area contributed by atoms with Gasteiger partial charge < -0.3 is 11.1 Å². The number of hydrogen-bond donors (Lipinski definition) is 2. The van der Waals surface area contributed by atoms with Crippen molar-refractivity contribution in [1.82, 2.24) is 0 Å². The molecule has 0 saturated heterocycles. The fourth-order valence-corrected chi connectivity index (χ4v) is 2.24. The van der Waals surface area contributed by atoms with Crippen LogP contribution in [0.2, 0.25) is 0 Å². The second kappa shape index (κ2) is 5.15. The minimum absolute atomic E-state index is 0.0994. The molecule has 3 nitrogen and oxygen atoms in total. The van der Waals surface area contributed by atoms with Crippen molar-refractivity contribution in [3.8, 4) is 6.07 Å². The number of nitriles is 1. The smallest absolute Gasteiger partial charge is 0.143 e. The van der Waals surface area contributed by atoms with Gasteiger partial charge in [-0.05, 0) is 37.8 Å². The maximum atomic E-state index is 13.4. The molecular formula is C13H16FN3. The Kier molecular flexibility index (Phi) is 3.60. The Balaban J connectivity index is 2.09. The highest BCUT2D eigenvalue weighted by molar-refractivity contribution is 5.58. The quantitative estimate of drug-likeness (QED) is 0.824. The highest BCUT2D eigenvalue weighted by Crippen LogP contribution is 2.24. The first kappa shape index (κ1) is 11.9. The third-order valence-electron chi connectivity index (χ3n) is 3.26. The van der Waals surface area contributed by atoms with Gasteiger partial charge in [0.25, 0.3) is 0 Å². The van der Waals surface area contributed by atoms with Crippen LogP contribution in [0.15, 0.2) is 18.2 Å². The molecule has 0 aliphatic heterocycles. The summed E-state index contributed by atoms with van der Waals surface area (Å²) in [4.78, 5) is 0. The molecule has 4 heteroatoms. The standard InChI is InChI=1S/C13H16FN3/c14-12-2-1-3-13(11(12)8-15)17-10-6-4-9(16)5-7-10/h1-3,9-10,17H,4-7,16H2. The monoisotopic (exact) mass is 233 g/mol. The van der Waals surface area contributed by atoms with Crippen molar-refractivity contribution < 1.29 is 4.39 Å². The SMILES string of the molecule is N#Cc1c(F)cccc1NC1CCC(N)CC1. The van der Waals surface area contributed by atoms with Gasteiger partial charge >= 0.3 is 0 Å². The van der Waals surface area contributed by atoms with Gasteiger partial charge in [-0.15, -0.1) is 0 Å². The van der Waals surface area contributed by atoms with Gasteiger partial charge in [0.05, 0.1) is 5.69 Å². The van der Waals surface area contributed by atoms with E-state index in [0.29, 0.717) is 11.7 Å². The van der Waals surface area contributed by atoms with E-state index in [1.165, 1.54) is 6.07 Å². The molecule has 1 fully saturated rings. The summed E-state index contributed by atoms with van der Waals surface area (Å²) in [5.41, 5.74) is 6.52. The van der Waals surface area contributed by atoms with E-state index < -0.39 is 5.82 Å². The van der Waals surface area contributed by atoms with Gasteiger partial charge in [-0.25, -0.2) is 4.39 Å². The Labute approximate surface area is 100 Å². The van der Waals surface area contributed by atoms with Gasteiger partial charge in [0.1, 0.15) is 17.4 Å². The molecule has 90 valence electrons. The first-order valence-electron chi connectivity index (χ1n) is 5.91. The summed E-state index contributed by atoms with van der Waals surface area (Å²) in [6, 6.07) is 7.15. The van der Waals surface area contributed by atoms with Gasteiger partial charge in [0.15, 0.2) is 0 Å². The van der Waals surface area contributed by atoms with E-state index in [1.807, 2.05) is 6.07 Å². The highest BCUT2D eigenvalue weighted by atomic mass is 19.1. The van der Waals surface area contributed by atoms with E-state index >= 15 is 0 Å². The fourth-order valence-electron chi connectivity index (χ4n) is 2.24. The van der Waals surface area contributed by atoms with Crippen LogP contribution in [0, 0.1) is 17.1 Å². The number of nitrogens with zero attached hydrogens (tertiary/aromatic N) is 1. The van der Waals surface area contributed by atoms with Gasteiger partial charge in [-0.2, -0.15) is 5.26 Å². The molecule has 1 aromatic rings. The minimum atomic E-state index is -0.468. The van der Waals surface area contributed by atoms with E-state index in [9.17, 15) is 4.39 Å². The Morgan fingerprint density at radius 3 is 2.65 bits per heavy atom. The van der Waals surface area contributed by atoms with Crippen LogP contribution in [0.25, 0.3) is 0 Å². The molecule has 17 heavy (non-hydrogen) atoms. The molecular weight excluding hydrogens is 217 g/mol. The Morgan fingerprint density at radius 2 is 2.00 bits per heavy atom. The van der Waals surface area contributed by atoms with Crippen LogP contribution in [-0.2, 0) is 0 Å². The van der Waals surface area contributed by atoms with E-state index in [4.69, 9.17) is 11.0 Å². The lowest BCUT2D eigenvalue weighted by atomic mass is 9.91. The van der Waals surface area contributed by atoms with E-state index in [1.54, 1.807) is 12.1 Å². The zero-order valence-corrected chi connectivity index (χ0v) is 9.62. The molecule has 0 amide bonds. The fraction of sp³-hybridized carbons (Fsp3) is 0.462. The second-order valence-electron chi connectivity index (χ2n) is 4.53. The largest absolute Gasteiger partial charge is 0.381 e. The molecule has 1 aliphatic rings. The molecule has 0 radical (unpaired) electrons. The van der Waals surface area contributed by atoms with Crippen molar-refractivity contribution >= 4 is 5.69 Å². The van der Waals surface area contributed by atoms with E-state index in [0.717, 1.165) is 25.7 Å². The molecule has 0 heterocycles. The van der Waals surface area contributed by atoms with Gasteiger partial charge in [-0.3, -0.25) is 0 Å². The van der Waals surface area contributed by atoms with Crippen molar-refractivity contribution in [1.29, 1.82) is 5.26 Å². The van der Waals surface area contributed by atoms with Gasteiger partial charge in [0, 0.05) is 12.1 Å². The summed E-state index contributed by atoms with van der Waals surface area (Å²) in [7, 11) is 0. The van der Waals surface area contributed by atoms with Crippen LogP contribution in [0.3, 0.4) is 0 Å². The van der Waals surface area contributed by atoms with Crippen molar-refractivity contribution in [2.75, 3.05) is 5.32 Å². The van der Waals surface area contributed by atoms with Crippen molar-refractivity contribution in [3.05, 3.63) is 29.6 Å². The lowest BCUT2D eigenvalue weighted by molar-refractivity contribution is 0.411. The number of hydrogen-bond acceptors (Lipinski definition) is 3. The van der Waals surface area contributed by atoms with E-state index in [2.05, 4.69) is 5.32 Å². The summed E-state index contributed by atoms with van der Waals surface area (Å²) in [5, 5.41) is 12.2. The molecule has 0 bridgehead atoms. The van der Waals surface area contributed by atoms with Crippen LogP contribution in [-0.4, -0.2) is 12.1 Å². The van der Waals surface area contributed by atoms with Crippen LogP contribution in [0.5, 0.6) is 0 Å². The number of rotatable bonds is 2. The van der Waals surface area contributed by atoms with Crippen LogP contribution >= 0.6 is 0 Å². The second-order valence-corrected chi connectivity index (χ2v) is 4.53. The normalized spacial score (nSPS) is 24.1. The average Bonchev–Trinajstić information content (AvgIpc) is 2.32. The molecule has 0 spiro atoms. The zero-order chi connectivity index (χ0) is 12.3. The average molecular weight is 233 g/mol. The number of anilines is 1.